The minimum absolute atomic E-state index is 0.102. The Labute approximate surface area is 161 Å². The van der Waals surface area contributed by atoms with Crippen LogP contribution in [0.1, 0.15) is 19.3 Å². The summed E-state index contributed by atoms with van der Waals surface area (Å²) in [5, 5.41) is 16.2. The number of hydrogen-bond donors (Lipinski definition) is 1. The molecule has 0 unspecified atom stereocenters. The molecule has 3 heterocycles. The maximum absolute atomic E-state index is 12.2. The van der Waals surface area contributed by atoms with E-state index in [1.54, 1.807) is 16.9 Å². The minimum Gasteiger partial charge on any atom is -0.326 e. The van der Waals surface area contributed by atoms with E-state index in [1.807, 2.05) is 48.5 Å². The van der Waals surface area contributed by atoms with Crippen molar-refractivity contribution in [3.63, 3.8) is 0 Å². The molecular weight excluding hydrogens is 352 g/mol. The van der Waals surface area contributed by atoms with Gasteiger partial charge in [-0.25, -0.2) is 0 Å². The number of nitrogens with one attached hydrogen (secondary N) is 1. The van der Waals surface area contributed by atoms with Gasteiger partial charge in [0.25, 0.3) is 0 Å². The summed E-state index contributed by atoms with van der Waals surface area (Å²) >= 11 is 0. The lowest BCUT2D eigenvalue weighted by Gasteiger charge is -2.24. The van der Waals surface area contributed by atoms with Gasteiger partial charge in [-0.15, -0.1) is 10.2 Å². The molecule has 0 bridgehead atoms. The Kier molecular flexibility index (Phi) is 4.05. The molecule has 1 aliphatic rings. The van der Waals surface area contributed by atoms with E-state index < -0.39 is 0 Å². The van der Waals surface area contributed by atoms with Gasteiger partial charge in [-0.05, 0) is 49.2 Å². The zero-order valence-corrected chi connectivity index (χ0v) is 15.1. The van der Waals surface area contributed by atoms with Crippen molar-refractivity contribution in [2.24, 2.45) is 5.92 Å². The second-order valence-electron chi connectivity index (χ2n) is 6.95. The van der Waals surface area contributed by atoms with E-state index in [-0.39, 0.29) is 11.8 Å². The van der Waals surface area contributed by atoms with Gasteiger partial charge in [-0.1, -0.05) is 18.6 Å². The smallest absolute Gasteiger partial charge is 0.227 e. The predicted octanol–water partition coefficient (Wildman–Crippen LogP) is 3.59. The van der Waals surface area contributed by atoms with Crippen LogP contribution in [0, 0.1) is 5.92 Å². The quantitative estimate of drug-likeness (QED) is 0.593. The van der Waals surface area contributed by atoms with Crippen LogP contribution in [0.25, 0.3) is 28.3 Å². The molecule has 28 heavy (non-hydrogen) atoms. The van der Waals surface area contributed by atoms with E-state index in [4.69, 9.17) is 5.10 Å². The maximum atomic E-state index is 12.2. The first-order chi connectivity index (χ1) is 13.8. The molecule has 7 heteroatoms. The zero-order valence-electron chi connectivity index (χ0n) is 15.1. The van der Waals surface area contributed by atoms with Crippen molar-refractivity contribution in [2.45, 2.75) is 19.3 Å². The summed E-state index contributed by atoms with van der Waals surface area (Å²) in [4.78, 5) is 16.3. The molecule has 0 atom stereocenters. The molecular formula is C21H18N6O. The highest BCUT2D eigenvalue weighted by Gasteiger charge is 2.25. The summed E-state index contributed by atoms with van der Waals surface area (Å²) in [6, 6.07) is 15.3. The van der Waals surface area contributed by atoms with Gasteiger partial charge in [0.15, 0.2) is 11.5 Å². The van der Waals surface area contributed by atoms with Gasteiger partial charge in [-0.2, -0.15) is 9.61 Å². The molecule has 7 nitrogen and oxygen atoms in total. The highest BCUT2D eigenvalue weighted by molar-refractivity contribution is 5.93. The van der Waals surface area contributed by atoms with Crippen LogP contribution in [0.2, 0.25) is 0 Å². The van der Waals surface area contributed by atoms with E-state index in [1.165, 1.54) is 0 Å². The molecule has 1 saturated carbocycles. The summed E-state index contributed by atoms with van der Waals surface area (Å²) in [7, 11) is 0. The molecule has 0 aliphatic heterocycles. The molecule has 1 fully saturated rings. The Hall–Kier alpha value is -3.61. The molecule has 0 saturated heterocycles. The lowest BCUT2D eigenvalue weighted by Crippen LogP contribution is -2.27. The fourth-order valence-electron chi connectivity index (χ4n) is 3.29. The molecule has 3 aromatic heterocycles. The highest BCUT2D eigenvalue weighted by Crippen LogP contribution is 2.28. The van der Waals surface area contributed by atoms with Gasteiger partial charge in [0, 0.05) is 35.1 Å². The Morgan fingerprint density at radius 2 is 1.86 bits per heavy atom. The first-order valence-corrected chi connectivity index (χ1v) is 9.32. The number of carbonyl (C=O) groups excluding carboxylic acids is 1. The van der Waals surface area contributed by atoms with Gasteiger partial charge in [-0.3, -0.25) is 9.78 Å². The monoisotopic (exact) mass is 370 g/mol. The van der Waals surface area contributed by atoms with Crippen molar-refractivity contribution in [3.8, 4) is 22.6 Å². The number of pyridine rings is 1. The van der Waals surface area contributed by atoms with Gasteiger partial charge in [0.05, 0.1) is 5.69 Å². The van der Waals surface area contributed by atoms with Crippen molar-refractivity contribution >= 4 is 17.2 Å². The van der Waals surface area contributed by atoms with E-state index >= 15 is 0 Å². The standard InChI is InChI=1S/C21H18N6O/c28-21(15-3-1-4-15)23-17-6-2-5-16(13-17)18-7-8-19-24-25-20(27(19)26-18)14-9-11-22-12-10-14/h2,5-13,15H,1,3-4H2,(H,23,28). The van der Waals surface area contributed by atoms with Crippen LogP contribution in [0.5, 0.6) is 0 Å². The fraction of sp³-hybridized carbons (Fsp3) is 0.190. The van der Waals surface area contributed by atoms with Crippen molar-refractivity contribution in [1.82, 2.24) is 24.8 Å². The Balaban J connectivity index is 1.49. The number of nitrogens with zero attached hydrogens (tertiary/aromatic N) is 5. The second-order valence-corrected chi connectivity index (χ2v) is 6.95. The first-order valence-electron chi connectivity index (χ1n) is 9.32. The van der Waals surface area contributed by atoms with Crippen LogP contribution >= 0.6 is 0 Å². The average molecular weight is 370 g/mol. The van der Waals surface area contributed by atoms with E-state index in [9.17, 15) is 4.79 Å². The highest BCUT2D eigenvalue weighted by atomic mass is 16.1. The van der Waals surface area contributed by atoms with Crippen LogP contribution in [-0.2, 0) is 4.79 Å². The van der Waals surface area contributed by atoms with Crippen LogP contribution in [0.15, 0.2) is 60.9 Å². The number of hydrogen-bond acceptors (Lipinski definition) is 5. The van der Waals surface area contributed by atoms with E-state index in [2.05, 4.69) is 20.5 Å². The molecule has 4 aromatic rings. The number of carbonyl (C=O) groups is 1. The second kappa shape index (κ2) is 6.84. The van der Waals surface area contributed by atoms with Gasteiger partial charge < -0.3 is 5.32 Å². The summed E-state index contributed by atoms with van der Waals surface area (Å²) < 4.78 is 1.73. The van der Waals surface area contributed by atoms with Crippen LogP contribution in [-0.4, -0.2) is 30.7 Å². The van der Waals surface area contributed by atoms with Crippen molar-refractivity contribution in [2.75, 3.05) is 5.32 Å². The summed E-state index contributed by atoms with van der Waals surface area (Å²) in [6.45, 7) is 0. The maximum Gasteiger partial charge on any atom is 0.227 e. The van der Waals surface area contributed by atoms with Gasteiger partial charge in [0.1, 0.15) is 0 Å². The molecule has 138 valence electrons. The lowest BCUT2D eigenvalue weighted by molar-refractivity contribution is -0.122. The largest absolute Gasteiger partial charge is 0.326 e. The number of aromatic nitrogens is 5. The van der Waals surface area contributed by atoms with Crippen molar-refractivity contribution < 1.29 is 4.79 Å². The molecule has 5 rings (SSSR count). The zero-order chi connectivity index (χ0) is 18.9. The third-order valence-electron chi connectivity index (χ3n) is 5.10. The summed E-state index contributed by atoms with van der Waals surface area (Å²) in [5.74, 6) is 0.914. The van der Waals surface area contributed by atoms with E-state index in [0.717, 1.165) is 41.8 Å². The van der Waals surface area contributed by atoms with Crippen LogP contribution in [0.4, 0.5) is 5.69 Å². The van der Waals surface area contributed by atoms with E-state index in [0.29, 0.717) is 11.5 Å². The lowest BCUT2D eigenvalue weighted by atomic mass is 9.85. The predicted molar refractivity (Wildman–Crippen MR) is 105 cm³/mol. The SMILES string of the molecule is O=C(Nc1cccc(-c2ccc3nnc(-c4ccncc4)n3n2)c1)C1CCC1. The number of anilines is 1. The third kappa shape index (κ3) is 3.00. The van der Waals surface area contributed by atoms with Gasteiger partial charge >= 0.3 is 0 Å². The normalized spacial score (nSPS) is 14.0. The molecule has 0 radical (unpaired) electrons. The summed E-state index contributed by atoms with van der Waals surface area (Å²) in [6.07, 6.45) is 6.54. The molecule has 1 aromatic carbocycles. The number of amides is 1. The van der Waals surface area contributed by atoms with Crippen molar-refractivity contribution in [1.29, 1.82) is 0 Å². The minimum atomic E-state index is 0.102. The van der Waals surface area contributed by atoms with Crippen molar-refractivity contribution in [3.05, 3.63) is 60.9 Å². The number of rotatable bonds is 4. The number of fused-ring (bicyclic) bond motifs is 1. The molecule has 0 spiro atoms. The first kappa shape index (κ1) is 16.6. The number of benzene rings is 1. The fourth-order valence-corrected chi connectivity index (χ4v) is 3.29. The Bertz CT molecular complexity index is 1150. The molecule has 1 N–H and O–H groups in total. The Morgan fingerprint density at radius 3 is 2.64 bits per heavy atom. The molecule has 1 aliphatic carbocycles. The average Bonchev–Trinajstić information content (AvgIpc) is 3.10. The summed E-state index contributed by atoms with van der Waals surface area (Å²) in [5.41, 5.74) is 4.05. The molecule has 1 amide bonds. The third-order valence-corrected chi connectivity index (χ3v) is 5.10. The van der Waals surface area contributed by atoms with Crippen LogP contribution in [0.3, 0.4) is 0 Å². The topological polar surface area (TPSA) is 85.1 Å². The van der Waals surface area contributed by atoms with Crippen LogP contribution < -0.4 is 5.32 Å². The Morgan fingerprint density at radius 1 is 1.00 bits per heavy atom. The van der Waals surface area contributed by atoms with Gasteiger partial charge in [0.2, 0.25) is 5.91 Å².